The van der Waals surface area contributed by atoms with E-state index in [1.165, 1.54) is 11.1 Å². The van der Waals surface area contributed by atoms with Gasteiger partial charge in [-0.3, -0.25) is 4.79 Å². The first-order valence-corrected chi connectivity index (χ1v) is 3.92. The molecular formula is C9H12N3OY-. The van der Waals surface area contributed by atoms with Gasteiger partial charge in [0.2, 0.25) is 5.91 Å². The summed E-state index contributed by atoms with van der Waals surface area (Å²) in [6.07, 6.45) is 1.79. The summed E-state index contributed by atoms with van der Waals surface area (Å²) in [5.74, 6) is 0.0191. The number of rotatable bonds is 2. The normalized spacial score (nSPS) is 9.00. The van der Waals surface area contributed by atoms with E-state index in [1.54, 1.807) is 20.2 Å². The SMILES string of the molecule is CN(C)C(=O)Cc1c[c-]c(N)cn1.[Y]. The van der Waals surface area contributed by atoms with Crippen LogP contribution in [0.15, 0.2) is 12.3 Å². The van der Waals surface area contributed by atoms with Gasteiger partial charge >= 0.3 is 0 Å². The Kier molecular flexibility index (Phi) is 5.88. The zero-order chi connectivity index (χ0) is 9.84. The standard InChI is InChI=1S/C9H12N3O.Y/c1-12(2)9(13)5-8-4-3-7(10)6-11-8;/h4,6H,5,10H2,1-2H3;/q-1;. The molecule has 1 heterocycles. The molecule has 0 aliphatic heterocycles. The Bertz CT molecular complexity index is 297. The summed E-state index contributed by atoms with van der Waals surface area (Å²) >= 11 is 0. The predicted octanol–water partition coefficient (Wildman–Crippen LogP) is 0.0922. The van der Waals surface area contributed by atoms with Crippen molar-refractivity contribution < 1.29 is 37.5 Å². The number of hydrogen-bond donors (Lipinski definition) is 1. The number of likely N-dealkylation sites (N-methyl/N-ethyl adjacent to an activating group) is 1. The maximum atomic E-state index is 11.2. The Morgan fingerprint density at radius 2 is 2.29 bits per heavy atom. The van der Waals surface area contributed by atoms with Crippen LogP contribution in [0, 0.1) is 6.07 Å². The second-order valence-electron chi connectivity index (χ2n) is 2.96. The van der Waals surface area contributed by atoms with Gasteiger partial charge < -0.3 is 15.6 Å². The van der Waals surface area contributed by atoms with Gasteiger partial charge in [0.15, 0.2) is 0 Å². The number of amides is 1. The molecule has 0 saturated heterocycles. The number of carbonyl (C=O) groups is 1. The molecule has 0 aliphatic rings. The second kappa shape index (κ2) is 6.09. The Labute approximate surface area is 109 Å². The van der Waals surface area contributed by atoms with Crippen LogP contribution in [0.2, 0.25) is 0 Å². The van der Waals surface area contributed by atoms with E-state index in [9.17, 15) is 4.79 Å². The number of anilines is 1. The first kappa shape index (κ1) is 13.5. The maximum absolute atomic E-state index is 11.2. The molecule has 4 nitrogen and oxygen atoms in total. The van der Waals surface area contributed by atoms with Gasteiger partial charge in [-0.15, -0.1) is 0 Å². The minimum Gasteiger partial charge on any atom is -0.418 e. The van der Waals surface area contributed by atoms with Crippen LogP contribution in [-0.2, 0) is 43.9 Å². The van der Waals surface area contributed by atoms with Crippen molar-refractivity contribution in [3.05, 3.63) is 24.0 Å². The number of aromatic nitrogens is 1. The van der Waals surface area contributed by atoms with Gasteiger partial charge in [0.05, 0.1) is 0 Å². The van der Waals surface area contributed by atoms with Crippen LogP contribution in [0.5, 0.6) is 0 Å². The van der Waals surface area contributed by atoms with Crippen molar-refractivity contribution >= 4 is 11.6 Å². The molecule has 1 aromatic heterocycles. The molecule has 5 heteroatoms. The van der Waals surface area contributed by atoms with Crippen molar-refractivity contribution in [2.45, 2.75) is 6.42 Å². The largest absolute Gasteiger partial charge is 0.418 e. The summed E-state index contributed by atoms with van der Waals surface area (Å²) in [7, 11) is 3.42. The molecule has 1 amide bonds. The minimum absolute atomic E-state index is 0. The van der Waals surface area contributed by atoms with Gasteiger partial charge in [-0.25, -0.2) is 0 Å². The van der Waals surface area contributed by atoms with Crippen LogP contribution in [0.4, 0.5) is 5.69 Å². The van der Waals surface area contributed by atoms with Gasteiger partial charge in [0.1, 0.15) is 0 Å². The van der Waals surface area contributed by atoms with E-state index in [2.05, 4.69) is 11.1 Å². The zero-order valence-electron chi connectivity index (χ0n) is 8.32. The Hall–Kier alpha value is -0.476. The van der Waals surface area contributed by atoms with E-state index in [0.717, 1.165) is 0 Å². The summed E-state index contributed by atoms with van der Waals surface area (Å²) in [4.78, 5) is 16.8. The number of carbonyl (C=O) groups excluding carboxylic acids is 1. The van der Waals surface area contributed by atoms with Crippen molar-refractivity contribution in [3.8, 4) is 0 Å². The summed E-state index contributed by atoms with van der Waals surface area (Å²) in [6.45, 7) is 0. The third-order valence-electron chi connectivity index (χ3n) is 1.61. The fourth-order valence-electron chi connectivity index (χ4n) is 0.803. The van der Waals surface area contributed by atoms with Gasteiger partial charge in [0, 0.05) is 53.2 Å². The van der Waals surface area contributed by atoms with Crippen LogP contribution in [-0.4, -0.2) is 29.9 Å². The predicted molar refractivity (Wildman–Crippen MR) is 49.9 cm³/mol. The molecule has 0 aliphatic carbocycles. The first-order valence-electron chi connectivity index (χ1n) is 3.92. The fourth-order valence-corrected chi connectivity index (χ4v) is 0.803. The van der Waals surface area contributed by atoms with Crippen LogP contribution in [0.3, 0.4) is 0 Å². The molecule has 1 radical (unpaired) electrons. The number of nitrogens with zero attached hydrogens (tertiary/aromatic N) is 2. The van der Waals surface area contributed by atoms with Crippen molar-refractivity contribution in [3.63, 3.8) is 0 Å². The Morgan fingerprint density at radius 1 is 1.64 bits per heavy atom. The summed E-state index contributed by atoms with van der Waals surface area (Å²) < 4.78 is 0. The molecule has 0 fully saturated rings. The molecule has 0 bridgehead atoms. The molecule has 0 aromatic carbocycles. The molecular weight excluding hydrogens is 255 g/mol. The average molecular weight is 267 g/mol. The molecule has 0 spiro atoms. The number of nitrogens with two attached hydrogens (primary N) is 1. The van der Waals surface area contributed by atoms with Gasteiger partial charge in [-0.1, -0.05) is 17.6 Å². The molecule has 0 atom stereocenters. The number of pyridine rings is 1. The van der Waals surface area contributed by atoms with Crippen LogP contribution < -0.4 is 5.73 Å². The van der Waals surface area contributed by atoms with Crippen LogP contribution in [0.1, 0.15) is 5.69 Å². The second-order valence-corrected chi connectivity index (χ2v) is 2.96. The van der Waals surface area contributed by atoms with Gasteiger partial charge in [-0.05, 0) is 0 Å². The van der Waals surface area contributed by atoms with Crippen molar-refractivity contribution in [2.24, 2.45) is 0 Å². The van der Waals surface area contributed by atoms with Crippen molar-refractivity contribution in [1.29, 1.82) is 0 Å². The molecule has 0 saturated carbocycles. The van der Waals surface area contributed by atoms with Gasteiger partial charge in [0.25, 0.3) is 0 Å². The molecule has 1 rings (SSSR count). The van der Waals surface area contributed by atoms with Crippen LogP contribution in [0.25, 0.3) is 0 Å². The quantitative estimate of drug-likeness (QED) is 0.773. The van der Waals surface area contributed by atoms with E-state index in [-0.39, 0.29) is 38.6 Å². The average Bonchev–Trinajstić information content (AvgIpc) is 2.08. The van der Waals surface area contributed by atoms with E-state index in [1.807, 2.05) is 0 Å². The summed E-state index contributed by atoms with van der Waals surface area (Å²) in [5.41, 5.74) is 6.58. The number of nitrogen functional groups attached to an aromatic ring is 1. The molecule has 0 unspecified atom stereocenters. The Morgan fingerprint density at radius 3 is 2.71 bits per heavy atom. The first-order chi connectivity index (χ1) is 6.09. The van der Waals surface area contributed by atoms with Crippen molar-refractivity contribution in [2.75, 3.05) is 19.8 Å². The summed E-state index contributed by atoms with van der Waals surface area (Å²) in [6, 6.07) is 4.42. The maximum Gasteiger partial charge on any atom is 0.216 e. The Balaban J connectivity index is 0.00000169. The smallest absolute Gasteiger partial charge is 0.216 e. The van der Waals surface area contributed by atoms with Crippen molar-refractivity contribution in [1.82, 2.24) is 9.88 Å². The van der Waals surface area contributed by atoms with E-state index < -0.39 is 0 Å². The summed E-state index contributed by atoms with van der Waals surface area (Å²) in [5, 5.41) is 0. The van der Waals surface area contributed by atoms with Crippen LogP contribution >= 0.6 is 0 Å². The van der Waals surface area contributed by atoms with E-state index >= 15 is 0 Å². The fraction of sp³-hybridized carbons (Fsp3) is 0.333. The third kappa shape index (κ3) is 4.16. The van der Waals surface area contributed by atoms with E-state index in [4.69, 9.17) is 5.73 Å². The van der Waals surface area contributed by atoms with E-state index in [0.29, 0.717) is 17.8 Å². The molecule has 2 N–H and O–H groups in total. The molecule has 14 heavy (non-hydrogen) atoms. The molecule has 1 aromatic rings. The monoisotopic (exact) mass is 267 g/mol. The number of hydrogen-bond acceptors (Lipinski definition) is 3. The molecule has 73 valence electrons. The zero-order valence-corrected chi connectivity index (χ0v) is 11.2. The minimum atomic E-state index is 0. The third-order valence-corrected chi connectivity index (χ3v) is 1.61. The topological polar surface area (TPSA) is 59.2 Å². The van der Waals surface area contributed by atoms with Gasteiger partial charge in [-0.2, -0.15) is 12.1 Å².